The highest BCUT2D eigenvalue weighted by Crippen LogP contribution is 2.28. The number of nitrogens with zero attached hydrogens (tertiary/aromatic N) is 2. The van der Waals surface area contributed by atoms with Crippen LogP contribution < -0.4 is 5.32 Å². The number of carbonyl (C=O) groups is 1. The molecule has 1 saturated heterocycles. The molecule has 1 aliphatic heterocycles. The number of halogens is 1. The Bertz CT molecular complexity index is 743. The first kappa shape index (κ1) is 21.2. The topological polar surface area (TPSA) is 58.4 Å². The van der Waals surface area contributed by atoms with Crippen LogP contribution in [0.3, 0.4) is 0 Å². The van der Waals surface area contributed by atoms with Gasteiger partial charge in [0, 0.05) is 30.4 Å². The van der Waals surface area contributed by atoms with Crippen LogP contribution in [0.2, 0.25) is 0 Å². The zero-order valence-electron chi connectivity index (χ0n) is 16.0. The van der Waals surface area contributed by atoms with E-state index in [0.717, 1.165) is 49.7 Å². The predicted octanol–water partition coefficient (Wildman–Crippen LogP) is 3.99. The van der Waals surface area contributed by atoms with Gasteiger partial charge in [-0.1, -0.05) is 18.2 Å². The van der Waals surface area contributed by atoms with Gasteiger partial charge in [-0.25, -0.2) is 4.98 Å². The van der Waals surface area contributed by atoms with Gasteiger partial charge in [0.15, 0.2) is 0 Å². The van der Waals surface area contributed by atoms with Crippen LogP contribution in [0.25, 0.3) is 11.5 Å². The van der Waals surface area contributed by atoms with Gasteiger partial charge in [-0.05, 0) is 50.3 Å². The van der Waals surface area contributed by atoms with Crippen LogP contribution in [-0.4, -0.2) is 47.2 Å². The van der Waals surface area contributed by atoms with Crippen LogP contribution in [0.5, 0.6) is 0 Å². The molecule has 2 heterocycles. The predicted molar refractivity (Wildman–Crippen MR) is 116 cm³/mol. The third-order valence-electron chi connectivity index (χ3n) is 5.29. The van der Waals surface area contributed by atoms with Crippen molar-refractivity contribution in [1.82, 2.24) is 15.2 Å². The van der Waals surface area contributed by atoms with Gasteiger partial charge < -0.3 is 14.6 Å². The van der Waals surface area contributed by atoms with Gasteiger partial charge in [0.1, 0.15) is 6.26 Å². The third-order valence-corrected chi connectivity index (χ3v) is 6.24. The molecule has 1 aromatic carbocycles. The van der Waals surface area contributed by atoms with Crippen molar-refractivity contribution in [1.29, 1.82) is 0 Å². The molecule has 1 aromatic heterocycles. The smallest absolute Gasteiger partial charge is 0.232 e. The number of benzene rings is 1. The summed E-state index contributed by atoms with van der Waals surface area (Å²) in [7, 11) is 0. The Labute approximate surface area is 177 Å². The maximum absolute atomic E-state index is 12.4. The van der Waals surface area contributed by atoms with Gasteiger partial charge in [-0.3, -0.25) is 4.79 Å². The monoisotopic (exact) mass is 421 g/mol. The number of likely N-dealkylation sites (tertiary alicyclic amines) is 1. The Morgan fingerprint density at radius 2 is 1.93 bits per heavy atom. The maximum Gasteiger partial charge on any atom is 0.232 e. The van der Waals surface area contributed by atoms with Crippen molar-refractivity contribution in [2.45, 2.75) is 37.5 Å². The van der Waals surface area contributed by atoms with Crippen molar-refractivity contribution in [2.75, 3.05) is 25.4 Å². The second-order valence-corrected chi connectivity index (χ2v) is 8.50. The second-order valence-electron chi connectivity index (χ2n) is 7.51. The Morgan fingerprint density at radius 3 is 2.64 bits per heavy atom. The lowest BCUT2D eigenvalue weighted by Gasteiger charge is -2.32. The quantitative estimate of drug-likeness (QED) is 0.698. The molecule has 2 fully saturated rings. The van der Waals surface area contributed by atoms with Crippen LogP contribution in [-0.2, 0) is 10.5 Å². The van der Waals surface area contributed by atoms with Crippen LogP contribution in [0, 0.1) is 5.92 Å². The number of hydrogen-bond donors (Lipinski definition) is 1. The molecule has 5 nitrogen and oxygen atoms in total. The summed E-state index contributed by atoms with van der Waals surface area (Å²) in [5.74, 6) is 3.00. The maximum atomic E-state index is 12.4. The van der Waals surface area contributed by atoms with E-state index in [1.807, 2.05) is 35.2 Å². The largest absolute Gasteiger partial charge is 0.444 e. The summed E-state index contributed by atoms with van der Waals surface area (Å²) in [4.78, 5) is 19.0. The molecular weight excluding hydrogens is 394 g/mol. The van der Waals surface area contributed by atoms with Crippen molar-refractivity contribution in [2.24, 2.45) is 5.92 Å². The first-order valence-corrected chi connectivity index (χ1v) is 11.0. The first-order valence-electron chi connectivity index (χ1n) is 9.86. The fourth-order valence-corrected chi connectivity index (χ4v) is 4.21. The minimum atomic E-state index is 0. The van der Waals surface area contributed by atoms with E-state index in [4.69, 9.17) is 4.42 Å². The van der Waals surface area contributed by atoms with Crippen LogP contribution in [0.15, 0.2) is 41.0 Å². The summed E-state index contributed by atoms with van der Waals surface area (Å²) in [5, 5.41) is 3.66. The molecule has 2 aliphatic rings. The molecular formula is C21H28ClN3O2S. The van der Waals surface area contributed by atoms with Crippen molar-refractivity contribution < 1.29 is 9.21 Å². The molecule has 1 aliphatic carbocycles. The van der Waals surface area contributed by atoms with Gasteiger partial charge in [0.05, 0.1) is 11.4 Å². The van der Waals surface area contributed by atoms with Crippen molar-refractivity contribution in [3.8, 4) is 11.5 Å². The summed E-state index contributed by atoms with van der Waals surface area (Å²) in [6.07, 6.45) is 6.62. The molecule has 0 bridgehead atoms. The first-order chi connectivity index (χ1) is 13.3. The number of thioether (sulfide) groups is 1. The van der Waals surface area contributed by atoms with E-state index in [1.165, 1.54) is 12.8 Å². The van der Waals surface area contributed by atoms with Gasteiger partial charge in [0.2, 0.25) is 11.8 Å². The van der Waals surface area contributed by atoms with Gasteiger partial charge in [-0.15, -0.1) is 24.2 Å². The zero-order chi connectivity index (χ0) is 18.5. The number of carbonyl (C=O) groups excluding carboxylic acids is 1. The molecule has 1 amide bonds. The average Bonchev–Trinajstić information content (AvgIpc) is 3.43. The van der Waals surface area contributed by atoms with Crippen LogP contribution in [0.1, 0.15) is 31.4 Å². The second kappa shape index (κ2) is 10.3. The molecule has 0 spiro atoms. The molecule has 0 radical (unpaired) electrons. The molecule has 2 aromatic rings. The molecule has 28 heavy (non-hydrogen) atoms. The standard InChI is InChI=1S/C21H27N3O2S.ClH/c25-20(24-10-8-18(9-11-24)22-12-16-6-7-16)15-27-14-19-13-26-21(23-19)17-4-2-1-3-5-17;/h1-5,13,16,18,22H,6-12,14-15H2;1H. The third kappa shape index (κ3) is 6.00. The Balaban J connectivity index is 0.00000225. The molecule has 1 saturated carbocycles. The molecule has 1 N–H and O–H groups in total. The Hall–Kier alpha value is -1.50. The van der Waals surface area contributed by atoms with Crippen molar-refractivity contribution in [3.63, 3.8) is 0 Å². The number of hydrogen-bond acceptors (Lipinski definition) is 5. The van der Waals surface area contributed by atoms with Crippen molar-refractivity contribution >= 4 is 30.1 Å². The molecule has 0 unspecified atom stereocenters. The van der Waals surface area contributed by atoms with E-state index >= 15 is 0 Å². The van der Waals surface area contributed by atoms with E-state index < -0.39 is 0 Å². The fourth-order valence-electron chi connectivity index (χ4n) is 3.41. The summed E-state index contributed by atoms with van der Waals surface area (Å²) < 4.78 is 5.55. The highest BCUT2D eigenvalue weighted by molar-refractivity contribution is 7.99. The summed E-state index contributed by atoms with van der Waals surface area (Å²) in [6, 6.07) is 10.5. The molecule has 7 heteroatoms. The van der Waals surface area contributed by atoms with Gasteiger partial charge >= 0.3 is 0 Å². The normalized spacial score (nSPS) is 17.4. The number of aromatic nitrogens is 1. The molecule has 152 valence electrons. The zero-order valence-corrected chi connectivity index (χ0v) is 17.6. The minimum absolute atomic E-state index is 0. The highest BCUT2D eigenvalue weighted by atomic mass is 35.5. The van der Waals surface area contributed by atoms with E-state index in [1.54, 1.807) is 18.0 Å². The average molecular weight is 422 g/mol. The lowest BCUT2D eigenvalue weighted by Crippen LogP contribution is -2.45. The summed E-state index contributed by atoms with van der Waals surface area (Å²) >= 11 is 1.61. The lowest BCUT2D eigenvalue weighted by atomic mass is 10.0. The minimum Gasteiger partial charge on any atom is -0.444 e. The number of piperidine rings is 1. The molecule has 4 rings (SSSR count). The van der Waals surface area contributed by atoms with E-state index in [2.05, 4.69) is 10.3 Å². The van der Waals surface area contributed by atoms with E-state index in [-0.39, 0.29) is 18.3 Å². The Morgan fingerprint density at radius 1 is 1.18 bits per heavy atom. The lowest BCUT2D eigenvalue weighted by molar-refractivity contribution is -0.129. The highest BCUT2D eigenvalue weighted by Gasteiger charge is 2.25. The Kier molecular flexibility index (Phi) is 7.82. The van der Waals surface area contributed by atoms with E-state index in [9.17, 15) is 4.79 Å². The van der Waals surface area contributed by atoms with Crippen LogP contribution >= 0.6 is 24.2 Å². The van der Waals surface area contributed by atoms with Crippen LogP contribution in [0.4, 0.5) is 0 Å². The van der Waals surface area contributed by atoms with E-state index in [0.29, 0.717) is 23.4 Å². The van der Waals surface area contributed by atoms with Gasteiger partial charge in [-0.2, -0.15) is 0 Å². The number of amides is 1. The summed E-state index contributed by atoms with van der Waals surface area (Å²) in [5.41, 5.74) is 1.86. The van der Waals surface area contributed by atoms with Gasteiger partial charge in [0.25, 0.3) is 0 Å². The van der Waals surface area contributed by atoms with Crippen molar-refractivity contribution in [3.05, 3.63) is 42.3 Å². The molecule has 0 atom stereocenters. The fraction of sp³-hybridized carbons (Fsp3) is 0.524. The number of oxazole rings is 1. The summed E-state index contributed by atoms with van der Waals surface area (Å²) in [6.45, 7) is 2.92. The SMILES string of the molecule is Cl.O=C(CSCc1coc(-c2ccccc2)n1)N1CCC(NCC2CC2)CC1. The number of nitrogens with one attached hydrogen (secondary N) is 1. The number of rotatable bonds is 8.